The molecule has 0 aliphatic rings. The molecule has 1 heterocycles. The third-order valence-electron chi connectivity index (χ3n) is 2.63. The summed E-state index contributed by atoms with van der Waals surface area (Å²) in [4.78, 5) is 8.21. The van der Waals surface area contributed by atoms with Crippen molar-refractivity contribution in [2.45, 2.75) is 13.8 Å². The van der Waals surface area contributed by atoms with Crippen molar-refractivity contribution in [1.82, 2.24) is 9.97 Å². The van der Waals surface area contributed by atoms with Crippen LogP contribution < -0.4 is 5.73 Å². The first-order chi connectivity index (χ1) is 8.11. The van der Waals surface area contributed by atoms with Crippen LogP contribution in [-0.2, 0) is 0 Å². The van der Waals surface area contributed by atoms with E-state index in [-0.39, 0.29) is 5.95 Å². The molecule has 0 bridgehead atoms. The van der Waals surface area contributed by atoms with E-state index >= 15 is 0 Å². The Hall–Kier alpha value is -2.34. The van der Waals surface area contributed by atoms with Gasteiger partial charge in [-0.3, -0.25) is 0 Å². The van der Waals surface area contributed by atoms with Crippen LogP contribution in [-0.4, -0.2) is 9.97 Å². The van der Waals surface area contributed by atoms with E-state index in [0.29, 0.717) is 5.69 Å². The highest BCUT2D eigenvalue weighted by Crippen LogP contribution is 2.26. The van der Waals surface area contributed by atoms with Crippen LogP contribution >= 0.6 is 0 Å². The van der Waals surface area contributed by atoms with Crippen molar-refractivity contribution in [3.8, 4) is 23.6 Å². The van der Waals surface area contributed by atoms with Crippen molar-refractivity contribution in [3.63, 3.8) is 0 Å². The predicted octanol–water partition coefficient (Wildman–Crippen LogP) is 2.32. The van der Waals surface area contributed by atoms with Gasteiger partial charge in [0, 0.05) is 5.56 Å². The molecule has 2 rings (SSSR count). The molecule has 0 saturated carbocycles. The summed E-state index contributed by atoms with van der Waals surface area (Å²) in [7, 11) is 0. The zero-order chi connectivity index (χ0) is 12.4. The number of aromatic nitrogens is 2. The Morgan fingerprint density at radius 3 is 2.41 bits per heavy atom. The number of aryl methyl sites for hydroxylation is 2. The topological polar surface area (TPSA) is 51.8 Å². The van der Waals surface area contributed by atoms with Crippen molar-refractivity contribution >= 4 is 5.95 Å². The lowest BCUT2D eigenvalue weighted by molar-refractivity contribution is 1.16. The van der Waals surface area contributed by atoms with Crippen LogP contribution in [0.4, 0.5) is 5.95 Å². The van der Waals surface area contributed by atoms with Gasteiger partial charge in [-0.15, -0.1) is 6.42 Å². The Morgan fingerprint density at radius 1 is 1.18 bits per heavy atom. The maximum atomic E-state index is 5.65. The molecule has 0 fully saturated rings. The Kier molecular flexibility index (Phi) is 2.80. The van der Waals surface area contributed by atoms with Crippen molar-refractivity contribution in [3.05, 3.63) is 41.1 Å². The van der Waals surface area contributed by atoms with Gasteiger partial charge in [0.2, 0.25) is 5.95 Å². The van der Waals surface area contributed by atoms with E-state index in [1.165, 1.54) is 0 Å². The lowest BCUT2D eigenvalue weighted by Crippen LogP contribution is -2.00. The number of nitrogens with zero attached hydrogens (tertiary/aromatic N) is 2. The molecule has 0 radical (unpaired) electrons. The van der Waals surface area contributed by atoms with Gasteiger partial charge in [-0.05, 0) is 31.0 Å². The number of hydrogen-bond donors (Lipinski definition) is 1. The number of rotatable bonds is 1. The first-order valence-electron chi connectivity index (χ1n) is 5.29. The van der Waals surface area contributed by atoms with Crippen molar-refractivity contribution in [2.75, 3.05) is 5.73 Å². The highest BCUT2D eigenvalue weighted by atomic mass is 15.0. The second-order valence-electron chi connectivity index (χ2n) is 3.91. The molecule has 2 aromatic rings. The average molecular weight is 223 g/mol. The lowest BCUT2D eigenvalue weighted by Gasteiger charge is -2.09. The van der Waals surface area contributed by atoms with E-state index in [1.807, 2.05) is 32.0 Å². The minimum absolute atomic E-state index is 0.207. The summed E-state index contributed by atoms with van der Waals surface area (Å²) in [6.07, 6.45) is 5.35. The van der Waals surface area contributed by atoms with Gasteiger partial charge >= 0.3 is 0 Å². The number of hydrogen-bond acceptors (Lipinski definition) is 3. The van der Waals surface area contributed by atoms with Crippen LogP contribution in [0.1, 0.15) is 16.8 Å². The van der Waals surface area contributed by atoms with Gasteiger partial charge in [0.1, 0.15) is 5.69 Å². The standard InChI is InChI=1S/C14H13N3/c1-4-11-8-12(17-14(15)16-11)13-9(2)6-5-7-10(13)3/h1,5-8H,2-3H3,(H2,15,16,17). The molecule has 84 valence electrons. The molecule has 0 aliphatic carbocycles. The van der Waals surface area contributed by atoms with E-state index in [1.54, 1.807) is 6.07 Å². The minimum atomic E-state index is 0.207. The third-order valence-corrected chi connectivity index (χ3v) is 2.63. The van der Waals surface area contributed by atoms with E-state index < -0.39 is 0 Å². The SMILES string of the molecule is C#Cc1cc(-c2c(C)cccc2C)nc(N)n1. The molecule has 17 heavy (non-hydrogen) atoms. The van der Waals surface area contributed by atoms with Gasteiger partial charge in [-0.2, -0.15) is 0 Å². The van der Waals surface area contributed by atoms with Gasteiger partial charge in [-0.1, -0.05) is 24.1 Å². The number of nitrogen functional groups attached to an aromatic ring is 1. The molecule has 1 aromatic carbocycles. The second kappa shape index (κ2) is 4.26. The highest BCUT2D eigenvalue weighted by Gasteiger charge is 2.08. The van der Waals surface area contributed by atoms with Crippen LogP contribution in [0.15, 0.2) is 24.3 Å². The quantitative estimate of drug-likeness (QED) is 0.755. The molecule has 2 N–H and O–H groups in total. The van der Waals surface area contributed by atoms with Crippen LogP contribution in [0.3, 0.4) is 0 Å². The Balaban J connectivity index is 2.69. The number of nitrogens with two attached hydrogens (primary N) is 1. The zero-order valence-electron chi connectivity index (χ0n) is 9.86. The summed E-state index contributed by atoms with van der Waals surface area (Å²) in [5.74, 6) is 2.69. The molecule has 1 aromatic heterocycles. The number of terminal acetylenes is 1. The zero-order valence-corrected chi connectivity index (χ0v) is 9.86. The van der Waals surface area contributed by atoms with E-state index in [4.69, 9.17) is 12.2 Å². The second-order valence-corrected chi connectivity index (χ2v) is 3.91. The molecule has 3 heteroatoms. The number of anilines is 1. The van der Waals surface area contributed by atoms with Gasteiger partial charge in [0.25, 0.3) is 0 Å². The molecule has 0 amide bonds. The number of benzene rings is 1. The van der Waals surface area contributed by atoms with Gasteiger partial charge in [-0.25, -0.2) is 9.97 Å². The Morgan fingerprint density at radius 2 is 1.82 bits per heavy atom. The molecule has 0 saturated heterocycles. The van der Waals surface area contributed by atoms with Crippen LogP contribution in [0, 0.1) is 26.2 Å². The summed E-state index contributed by atoms with van der Waals surface area (Å²) in [6.45, 7) is 4.08. The van der Waals surface area contributed by atoms with Gasteiger partial charge in [0.05, 0.1) is 5.69 Å². The molecule has 0 spiro atoms. The fourth-order valence-corrected chi connectivity index (χ4v) is 1.89. The van der Waals surface area contributed by atoms with E-state index in [9.17, 15) is 0 Å². The van der Waals surface area contributed by atoms with Crippen LogP contribution in [0.2, 0.25) is 0 Å². The van der Waals surface area contributed by atoms with E-state index in [2.05, 4.69) is 15.9 Å². The first kappa shape index (κ1) is 11.2. The predicted molar refractivity (Wildman–Crippen MR) is 69.3 cm³/mol. The highest BCUT2D eigenvalue weighted by molar-refractivity contribution is 5.68. The van der Waals surface area contributed by atoms with Gasteiger partial charge < -0.3 is 5.73 Å². The molecule has 3 nitrogen and oxygen atoms in total. The molecular weight excluding hydrogens is 210 g/mol. The normalized spacial score (nSPS) is 9.94. The molecule has 0 aliphatic heterocycles. The van der Waals surface area contributed by atoms with Gasteiger partial charge in [0.15, 0.2) is 0 Å². The summed E-state index contributed by atoms with van der Waals surface area (Å²) < 4.78 is 0. The van der Waals surface area contributed by atoms with Crippen molar-refractivity contribution < 1.29 is 0 Å². The smallest absolute Gasteiger partial charge is 0.221 e. The largest absolute Gasteiger partial charge is 0.368 e. The summed E-state index contributed by atoms with van der Waals surface area (Å²) in [5.41, 5.74) is 10.3. The van der Waals surface area contributed by atoms with Crippen LogP contribution in [0.5, 0.6) is 0 Å². The summed E-state index contributed by atoms with van der Waals surface area (Å²) in [5, 5.41) is 0. The third kappa shape index (κ3) is 2.11. The fraction of sp³-hybridized carbons (Fsp3) is 0.143. The average Bonchev–Trinajstić information content (AvgIpc) is 2.28. The van der Waals surface area contributed by atoms with E-state index in [0.717, 1.165) is 22.4 Å². The molecule has 0 atom stereocenters. The fourth-order valence-electron chi connectivity index (χ4n) is 1.89. The molecule has 0 unspecified atom stereocenters. The maximum Gasteiger partial charge on any atom is 0.221 e. The summed E-state index contributed by atoms with van der Waals surface area (Å²) in [6, 6.07) is 7.87. The summed E-state index contributed by atoms with van der Waals surface area (Å²) >= 11 is 0. The van der Waals surface area contributed by atoms with Crippen molar-refractivity contribution in [1.29, 1.82) is 0 Å². The Bertz CT molecular complexity index is 589. The molecular formula is C14H13N3. The van der Waals surface area contributed by atoms with Crippen LogP contribution in [0.25, 0.3) is 11.3 Å². The minimum Gasteiger partial charge on any atom is -0.368 e. The monoisotopic (exact) mass is 223 g/mol. The Labute approximate surface area is 101 Å². The van der Waals surface area contributed by atoms with Crippen molar-refractivity contribution in [2.24, 2.45) is 0 Å². The lowest BCUT2D eigenvalue weighted by atomic mass is 9.99. The first-order valence-corrected chi connectivity index (χ1v) is 5.29. The maximum absolute atomic E-state index is 5.65.